The Kier molecular flexibility index (Phi) is 4.76. The first-order valence-corrected chi connectivity index (χ1v) is 8.17. The van der Waals surface area contributed by atoms with E-state index in [2.05, 4.69) is 40.2 Å². The number of anilines is 2. The Morgan fingerprint density at radius 1 is 1.08 bits per heavy atom. The number of carbonyl (C=O) groups excluding carboxylic acids is 1. The minimum absolute atomic E-state index is 0.0475. The van der Waals surface area contributed by atoms with E-state index in [1.165, 1.54) is 5.56 Å². The second-order valence-corrected chi connectivity index (χ2v) is 6.33. The second-order valence-electron chi connectivity index (χ2n) is 6.33. The van der Waals surface area contributed by atoms with Gasteiger partial charge in [-0.2, -0.15) is 0 Å². The first kappa shape index (κ1) is 16.4. The van der Waals surface area contributed by atoms with Crippen molar-refractivity contribution in [2.45, 2.75) is 13.8 Å². The van der Waals surface area contributed by atoms with Gasteiger partial charge in [-0.15, -0.1) is 0 Å². The molecule has 2 heterocycles. The van der Waals surface area contributed by atoms with Gasteiger partial charge in [-0.1, -0.05) is 17.7 Å². The van der Waals surface area contributed by atoms with Gasteiger partial charge in [0.25, 0.3) is 5.91 Å². The fraction of sp³-hybridized carbons (Fsp3) is 0.389. The molecule has 24 heavy (non-hydrogen) atoms. The number of carbonyl (C=O) groups is 1. The predicted octanol–water partition coefficient (Wildman–Crippen LogP) is 2.22. The van der Waals surface area contributed by atoms with Crippen LogP contribution in [0.1, 0.15) is 21.6 Å². The minimum atomic E-state index is -0.0475. The third kappa shape index (κ3) is 3.71. The van der Waals surface area contributed by atoms with Crippen LogP contribution in [0.4, 0.5) is 11.5 Å². The maximum absolute atomic E-state index is 12.5. The van der Waals surface area contributed by atoms with E-state index in [9.17, 15) is 4.79 Å². The molecule has 1 aromatic carbocycles. The summed E-state index contributed by atoms with van der Waals surface area (Å²) in [6.07, 6.45) is 3.16. The molecule has 1 aromatic heterocycles. The lowest BCUT2D eigenvalue weighted by atomic mass is 10.1. The Hall–Kier alpha value is -2.47. The summed E-state index contributed by atoms with van der Waals surface area (Å²) in [5.41, 5.74) is 3.76. The topological polar surface area (TPSA) is 61.4 Å². The molecule has 6 nitrogen and oxygen atoms in total. The molecule has 3 rings (SSSR count). The Bertz CT molecular complexity index is 721. The molecule has 1 saturated heterocycles. The van der Waals surface area contributed by atoms with Crippen molar-refractivity contribution >= 4 is 17.4 Å². The van der Waals surface area contributed by atoms with Crippen LogP contribution in [-0.2, 0) is 0 Å². The van der Waals surface area contributed by atoms with Crippen molar-refractivity contribution in [1.82, 2.24) is 19.8 Å². The molecule has 1 amide bonds. The lowest BCUT2D eigenvalue weighted by molar-refractivity contribution is 0.0658. The molecular weight excluding hydrogens is 302 g/mol. The quantitative estimate of drug-likeness (QED) is 0.937. The normalized spacial score (nSPS) is 15.4. The average Bonchev–Trinajstić information content (AvgIpc) is 2.58. The fourth-order valence-electron chi connectivity index (χ4n) is 2.77. The van der Waals surface area contributed by atoms with Gasteiger partial charge < -0.3 is 15.1 Å². The lowest BCUT2D eigenvalue weighted by Crippen LogP contribution is -2.47. The Balaban J connectivity index is 1.68. The monoisotopic (exact) mass is 325 g/mol. The summed E-state index contributed by atoms with van der Waals surface area (Å²) in [4.78, 5) is 25.1. The van der Waals surface area contributed by atoms with Crippen LogP contribution in [0.25, 0.3) is 0 Å². The summed E-state index contributed by atoms with van der Waals surface area (Å²) in [5, 5.41) is 3.25. The van der Waals surface area contributed by atoms with Crippen LogP contribution in [0, 0.1) is 13.8 Å². The molecule has 1 aliphatic rings. The number of rotatable bonds is 3. The highest BCUT2D eigenvalue weighted by Crippen LogP contribution is 2.20. The van der Waals surface area contributed by atoms with Gasteiger partial charge in [-0.3, -0.25) is 4.79 Å². The largest absolute Gasteiger partial charge is 0.339 e. The van der Waals surface area contributed by atoms with E-state index < -0.39 is 0 Å². The standard InChI is InChI=1S/C18H23N5O/c1-13-4-5-15(14(2)10-13)21-17-12-19-16(11-20-17)18(24)23-8-6-22(3)7-9-23/h4-5,10-12H,6-9H2,1-3H3,(H,20,21). The van der Waals surface area contributed by atoms with Crippen LogP contribution in [0.5, 0.6) is 0 Å². The van der Waals surface area contributed by atoms with Gasteiger partial charge in [-0.05, 0) is 32.5 Å². The van der Waals surface area contributed by atoms with Gasteiger partial charge in [0.2, 0.25) is 0 Å². The van der Waals surface area contributed by atoms with Gasteiger partial charge in [0.1, 0.15) is 11.5 Å². The SMILES string of the molecule is Cc1ccc(Nc2cnc(C(=O)N3CCN(C)CC3)cn2)c(C)c1. The molecule has 0 bridgehead atoms. The number of piperazine rings is 1. The number of hydrogen-bond acceptors (Lipinski definition) is 5. The minimum Gasteiger partial charge on any atom is -0.339 e. The van der Waals surface area contributed by atoms with E-state index in [-0.39, 0.29) is 5.91 Å². The summed E-state index contributed by atoms with van der Waals surface area (Å²) < 4.78 is 0. The number of benzene rings is 1. The Labute approximate surface area is 142 Å². The van der Waals surface area contributed by atoms with Gasteiger partial charge in [-0.25, -0.2) is 9.97 Å². The van der Waals surface area contributed by atoms with Crippen LogP contribution in [-0.4, -0.2) is 58.9 Å². The highest BCUT2D eigenvalue weighted by molar-refractivity contribution is 5.92. The number of nitrogens with zero attached hydrogens (tertiary/aromatic N) is 4. The van der Waals surface area contributed by atoms with Gasteiger partial charge in [0.05, 0.1) is 12.4 Å². The van der Waals surface area contributed by atoms with Crippen molar-refractivity contribution < 1.29 is 4.79 Å². The molecule has 0 atom stereocenters. The highest BCUT2D eigenvalue weighted by Gasteiger charge is 2.21. The van der Waals surface area contributed by atoms with E-state index in [1.807, 2.05) is 24.0 Å². The first-order chi connectivity index (χ1) is 11.5. The third-order valence-corrected chi connectivity index (χ3v) is 4.31. The van der Waals surface area contributed by atoms with E-state index in [4.69, 9.17) is 0 Å². The van der Waals surface area contributed by atoms with Crippen molar-refractivity contribution in [2.24, 2.45) is 0 Å². The van der Waals surface area contributed by atoms with Crippen molar-refractivity contribution in [3.05, 3.63) is 47.4 Å². The zero-order valence-corrected chi connectivity index (χ0v) is 14.4. The molecule has 1 fully saturated rings. The number of hydrogen-bond donors (Lipinski definition) is 1. The van der Waals surface area contributed by atoms with Gasteiger partial charge in [0, 0.05) is 31.9 Å². The van der Waals surface area contributed by atoms with Crippen molar-refractivity contribution in [3.8, 4) is 0 Å². The van der Waals surface area contributed by atoms with Crippen LogP contribution in [0.2, 0.25) is 0 Å². The van der Waals surface area contributed by atoms with Crippen LogP contribution in [0.3, 0.4) is 0 Å². The molecular formula is C18H23N5O. The maximum atomic E-state index is 12.5. The van der Waals surface area contributed by atoms with Crippen molar-refractivity contribution in [1.29, 1.82) is 0 Å². The number of aromatic nitrogens is 2. The summed E-state index contributed by atoms with van der Waals surface area (Å²) in [5.74, 6) is 0.588. The van der Waals surface area contributed by atoms with Crippen LogP contribution in [0.15, 0.2) is 30.6 Å². The van der Waals surface area contributed by atoms with Gasteiger partial charge in [0.15, 0.2) is 0 Å². The molecule has 0 aliphatic carbocycles. The van der Waals surface area contributed by atoms with E-state index >= 15 is 0 Å². The summed E-state index contributed by atoms with van der Waals surface area (Å²) in [6.45, 7) is 7.37. The number of likely N-dealkylation sites (N-methyl/N-ethyl adjacent to an activating group) is 1. The summed E-state index contributed by atoms with van der Waals surface area (Å²) in [7, 11) is 2.06. The molecule has 1 N–H and O–H groups in total. The molecule has 1 aliphatic heterocycles. The second kappa shape index (κ2) is 6.97. The third-order valence-electron chi connectivity index (χ3n) is 4.31. The predicted molar refractivity (Wildman–Crippen MR) is 94.6 cm³/mol. The molecule has 0 saturated carbocycles. The molecule has 0 spiro atoms. The molecule has 126 valence electrons. The van der Waals surface area contributed by atoms with E-state index in [0.29, 0.717) is 11.5 Å². The van der Waals surface area contributed by atoms with Crippen molar-refractivity contribution in [2.75, 3.05) is 38.5 Å². The van der Waals surface area contributed by atoms with Gasteiger partial charge >= 0.3 is 0 Å². The first-order valence-electron chi connectivity index (χ1n) is 8.17. The van der Waals surface area contributed by atoms with Crippen LogP contribution >= 0.6 is 0 Å². The number of nitrogens with one attached hydrogen (secondary N) is 1. The number of aryl methyl sites for hydroxylation is 2. The highest BCUT2D eigenvalue weighted by atomic mass is 16.2. The fourth-order valence-corrected chi connectivity index (χ4v) is 2.77. The average molecular weight is 325 g/mol. The Morgan fingerprint density at radius 3 is 2.46 bits per heavy atom. The zero-order chi connectivity index (χ0) is 17.1. The van der Waals surface area contributed by atoms with E-state index in [0.717, 1.165) is 37.4 Å². The molecule has 2 aromatic rings. The summed E-state index contributed by atoms with van der Waals surface area (Å²) >= 11 is 0. The smallest absolute Gasteiger partial charge is 0.274 e. The van der Waals surface area contributed by atoms with Crippen LogP contribution < -0.4 is 5.32 Å². The molecule has 6 heteroatoms. The van der Waals surface area contributed by atoms with E-state index in [1.54, 1.807) is 12.4 Å². The molecule has 0 unspecified atom stereocenters. The lowest BCUT2D eigenvalue weighted by Gasteiger charge is -2.32. The maximum Gasteiger partial charge on any atom is 0.274 e. The molecule has 0 radical (unpaired) electrons. The van der Waals surface area contributed by atoms with Crippen molar-refractivity contribution in [3.63, 3.8) is 0 Å². The number of amides is 1. The zero-order valence-electron chi connectivity index (χ0n) is 14.4. The summed E-state index contributed by atoms with van der Waals surface area (Å²) in [6, 6.07) is 6.19. The Morgan fingerprint density at radius 2 is 1.83 bits per heavy atom.